The van der Waals surface area contributed by atoms with E-state index in [0.29, 0.717) is 24.8 Å². The fraction of sp³-hybridized carbons (Fsp3) is 0.769. The molecule has 6 heteroatoms. The molecule has 1 heterocycles. The second kappa shape index (κ2) is 6.65. The van der Waals surface area contributed by atoms with Crippen LogP contribution in [0.2, 0.25) is 0 Å². The molecule has 1 aromatic rings. The summed E-state index contributed by atoms with van der Waals surface area (Å²) in [6.07, 6.45) is 8.86. The highest BCUT2D eigenvalue weighted by Gasteiger charge is 2.23. The lowest BCUT2D eigenvalue weighted by atomic mass is 10.1. The highest BCUT2D eigenvalue weighted by Crippen LogP contribution is 2.21. The van der Waals surface area contributed by atoms with E-state index < -0.39 is 0 Å². The van der Waals surface area contributed by atoms with Crippen molar-refractivity contribution in [3.8, 4) is 0 Å². The summed E-state index contributed by atoms with van der Waals surface area (Å²) >= 11 is 0. The lowest BCUT2D eigenvalue weighted by Gasteiger charge is -2.26. The van der Waals surface area contributed by atoms with Crippen molar-refractivity contribution in [3.63, 3.8) is 0 Å². The molecule has 1 amide bonds. The Balaban J connectivity index is 2.00. The summed E-state index contributed by atoms with van der Waals surface area (Å²) in [5, 5.41) is 7.85. The van der Waals surface area contributed by atoms with Gasteiger partial charge in [-0.3, -0.25) is 9.48 Å². The van der Waals surface area contributed by atoms with E-state index in [-0.39, 0.29) is 5.91 Å². The second-order valence-corrected chi connectivity index (χ2v) is 5.22. The molecule has 1 aliphatic rings. The number of rotatable bonds is 4. The molecule has 1 aliphatic carbocycles. The third-order valence-electron chi connectivity index (χ3n) is 3.81. The summed E-state index contributed by atoms with van der Waals surface area (Å²) in [7, 11) is 1.88. The minimum Gasteiger partial charge on any atom is -0.337 e. The minimum absolute atomic E-state index is 0.0322. The second-order valence-electron chi connectivity index (χ2n) is 5.22. The Bertz CT molecular complexity index is 409. The highest BCUT2D eigenvalue weighted by atomic mass is 16.2. The monoisotopic (exact) mass is 265 g/mol. The highest BCUT2D eigenvalue weighted by molar-refractivity contribution is 5.91. The van der Waals surface area contributed by atoms with Crippen LogP contribution < -0.4 is 5.73 Å². The molecular formula is C13H23N5O. The molecule has 106 valence electrons. The van der Waals surface area contributed by atoms with Gasteiger partial charge in [0.2, 0.25) is 0 Å². The van der Waals surface area contributed by atoms with Gasteiger partial charge in [0.1, 0.15) is 0 Å². The maximum Gasteiger partial charge on any atom is 0.276 e. The number of carbonyl (C=O) groups is 1. The van der Waals surface area contributed by atoms with E-state index in [4.69, 9.17) is 5.73 Å². The van der Waals surface area contributed by atoms with Crippen LogP contribution in [0.15, 0.2) is 6.20 Å². The van der Waals surface area contributed by atoms with Crippen LogP contribution in [-0.2, 0) is 6.54 Å². The third-order valence-corrected chi connectivity index (χ3v) is 3.81. The summed E-state index contributed by atoms with van der Waals surface area (Å²) in [6.45, 7) is 1.09. The third kappa shape index (κ3) is 3.53. The summed E-state index contributed by atoms with van der Waals surface area (Å²) in [6, 6.07) is 0.342. The molecule has 2 rings (SSSR count). The Morgan fingerprint density at radius 2 is 2.11 bits per heavy atom. The maximum absolute atomic E-state index is 12.4. The first kappa shape index (κ1) is 14.0. The Hall–Kier alpha value is -1.43. The molecule has 0 atom stereocenters. The number of nitrogens with two attached hydrogens (primary N) is 1. The van der Waals surface area contributed by atoms with Crippen LogP contribution in [0.3, 0.4) is 0 Å². The first-order valence-corrected chi connectivity index (χ1v) is 7.09. The first-order valence-electron chi connectivity index (χ1n) is 7.09. The predicted molar refractivity (Wildman–Crippen MR) is 72.7 cm³/mol. The molecule has 0 saturated heterocycles. The van der Waals surface area contributed by atoms with Gasteiger partial charge in [0, 0.05) is 19.6 Å². The molecule has 0 aromatic carbocycles. The number of hydrogen-bond donors (Lipinski definition) is 1. The van der Waals surface area contributed by atoms with Crippen LogP contribution in [0.4, 0.5) is 0 Å². The van der Waals surface area contributed by atoms with Crippen molar-refractivity contribution < 1.29 is 4.79 Å². The van der Waals surface area contributed by atoms with Gasteiger partial charge in [-0.2, -0.15) is 0 Å². The smallest absolute Gasteiger partial charge is 0.276 e. The lowest BCUT2D eigenvalue weighted by Crippen LogP contribution is -2.37. The SMILES string of the molecule is CN(C(=O)c1cn(CCN)nn1)C1CCCCCC1. The molecule has 0 aliphatic heterocycles. The zero-order chi connectivity index (χ0) is 13.7. The van der Waals surface area contributed by atoms with Gasteiger partial charge in [-0.05, 0) is 12.8 Å². The summed E-state index contributed by atoms with van der Waals surface area (Å²) in [4.78, 5) is 14.2. The van der Waals surface area contributed by atoms with E-state index in [0.717, 1.165) is 12.8 Å². The maximum atomic E-state index is 12.4. The van der Waals surface area contributed by atoms with Gasteiger partial charge < -0.3 is 10.6 Å². The molecule has 0 bridgehead atoms. The van der Waals surface area contributed by atoms with Gasteiger partial charge in [-0.15, -0.1) is 5.10 Å². The average molecular weight is 265 g/mol. The summed E-state index contributed by atoms with van der Waals surface area (Å²) < 4.78 is 1.62. The van der Waals surface area contributed by atoms with Gasteiger partial charge in [-0.25, -0.2) is 0 Å². The summed E-state index contributed by atoms with van der Waals surface area (Å²) in [5.41, 5.74) is 5.87. The van der Waals surface area contributed by atoms with Crippen LogP contribution in [0.5, 0.6) is 0 Å². The van der Waals surface area contributed by atoms with E-state index in [2.05, 4.69) is 10.3 Å². The summed E-state index contributed by atoms with van der Waals surface area (Å²) in [5.74, 6) is -0.0322. The van der Waals surface area contributed by atoms with Crippen molar-refractivity contribution in [1.82, 2.24) is 19.9 Å². The predicted octanol–water partition coefficient (Wildman–Crippen LogP) is 1.03. The lowest BCUT2D eigenvalue weighted by molar-refractivity contribution is 0.0711. The first-order chi connectivity index (χ1) is 9.22. The molecule has 1 aromatic heterocycles. The molecule has 1 saturated carbocycles. The fourth-order valence-electron chi connectivity index (χ4n) is 2.63. The zero-order valence-electron chi connectivity index (χ0n) is 11.6. The van der Waals surface area contributed by atoms with E-state index in [1.54, 1.807) is 10.9 Å². The van der Waals surface area contributed by atoms with Crippen molar-refractivity contribution in [3.05, 3.63) is 11.9 Å². The van der Waals surface area contributed by atoms with Crippen LogP contribution in [-0.4, -0.2) is 45.4 Å². The van der Waals surface area contributed by atoms with Crippen molar-refractivity contribution in [1.29, 1.82) is 0 Å². The van der Waals surface area contributed by atoms with Gasteiger partial charge in [-0.1, -0.05) is 30.9 Å². The average Bonchev–Trinajstić information content (AvgIpc) is 2.72. The number of aromatic nitrogens is 3. The minimum atomic E-state index is -0.0322. The normalized spacial score (nSPS) is 17.2. The molecule has 19 heavy (non-hydrogen) atoms. The van der Waals surface area contributed by atoms with Crippen LogP contribution in [0, 0.1) is 0 Å². The topological polar surface area (TPSA) is 77.0 Å². The molecular weight excluding hydrogens is 242 g/mol. The standard InChI is InChI=1S/C13H23N5O/c1-17(11-6-4-2-3-5-7-11)13(19)12-10-18(9-8-14)16-15-12/h10-11H,2-9,14H2,1H3. The van der Waals surface area contributed by atoms with Gasteiger partial charge in [0.25, 0.3) is 5.91 Å². The van der Waals surface area contributed by atoms with Gasteiger partial charge in [0.05, 0.1) is 12.7 Å². The number of hydrogen-bond acceptors (Lipinski definition) is 4. The molecule has 0 radical (unpaired) electrons. The molecule has 0 spiro atoms. The molecule has 2 N–H and O–H groups in total. The van der Waals surface area contributed by atoms with Crippen LogP contribution >= 0.6 is 0 Å². The van der Waals surface area contributed by atoms with E-state index >= 15 is 0 Å². The van der Waals surface area contributed by atoms with E-state index in [1.807, 2.05) is 11.9 Å². The molecule has 1 fully saturated rings. The zero-order valence-corrected chi connectivity index (χ0v) is 11.6. The van der Waals surface area contributed by atoms with Gasteiger partial charge >= 0.3 is 0 Å². The van der Waals surface area contributed by atoms with Crippen LogP contribution in [0.1, 0.15) is 49.0 Å². The Morgan fingerprint density at radius 1 is 1.42 bits per heavy atom. The van der Waals surface area contributed by atoms with Crippen molar-refractivity contribution >= 4 is 5.91 Å². The van der Waals surface area contributed by atoms with Crippen LogP contribution in [0.25, 0.3) is 0 Å². The molecule has 6 nitrogen and oxygen atoms in total. The molecule has 0 unspecified atom stereocenters. The van der Waals surface area contributed by atoms with Crippen molar-refractivity contribution in [2.75, 3.05) is 13.6 Å². The van der Waals surface area contributed by atoms with Crippen molar-refractivity contribution in [2.45, 2.75) is 51.1 Å². The van der Waals surface area contributed by atoms with E-state index in [9.17, 15) is 4.79 Å². The number of carbonyl (C=O) groups excluding carboxylic acids is 1. The van der Waals surface area contributed by atoms with Gasteiger partial charge in [0.15, 0.2) is 5.69 Å². The van der Waals surface area contributed by atoms with Crippen molar-refractivity contribution in [2.24, 2.45) is 5.73 Å². The number of nitrogens with zero attached hydrogens (tertiary/aromatic N) is 4. The Labute approximate surface area is 113 Å². The quantitative estimate of drug-likeness (QED) is 0.825. The fourth-order valence-corrected chi connectivity index (χ4v) is 2.63. The Kier molecular flexibility index (Phi) is 4.90. The number of amides is 1. The Morgan fingerprint density at radius 3 is 2.74 bits per heavy atom. The van der Waals surface area contributed by atoms with E-state index in [1.165, 1.54) is 25.7 Å². The largest absolute Gasteiger partial charge is 0.337 e.